The van der Waals surface area contributed by atoms with E-state index in [0.717, 1.165) is 20.3 Å². The molecule has 3 aromatic carbocycles. The normalized spacial score (nSPS) is 12.3. The fourth-order valence-corrected chi connectivity index (χ4v) is 6.40. The molecule has 0 aliphatic heterocycles. The Kier molecular flexibility index (Phi) is 7.40. The number of thiazole rings is 1. The Hall–Kier alpha value is -3.08. The van der Waals surface area contributed by atoms with E-state index in [1.807, 2.05) is 26.0 Å². The number of benzene rings is 3. The van der Waals surface area contributed by atoms with Crippen molar-refractivity contribution in [2.45, 2.75) is 28.3 Å². The molecule has 0 radical (unpaired) electrons. The lowest BCUT2D eigenvalue weighted by Crippen LogP contribution is -2.22. The van der Waals surface area contributed by atoms with E-state index in [-0.39, 0.29) is 16.1 Å². The second-order valence-corrected chi connectivity index (χ2v) is 11.6. The van der Waals surface area contributed by atoms with Crippen LogP contribution < -0.4 is 14.8 Å². The molecule has 2 N–H and O–H groups in total. The molecular weight excluding hydrogens is 490 g/mol. The molecular formula is C24H23N3O4S3. The van der Waals surface area contributed by atoms with Gasteiger partial charge in [-0.25, -0.2) is 13.4 Å². The molecule has 0 spiro atoms. The lowest BCUT2D eigenvalue weighted by Gasteiger charge is -2.11. The van der Waals surface area contributed by atoms with Gasteiger partial charge in [0.2, 0.25) is 5.91 Å². The fourth-order valence-electron chi connectivity index (χ4n) is 3.08. The highest BCUT2D eigenvalue weighted by molar-refractivity contribution is 8.02. The molecule has 1 amide bonds. The standard InChI is InChI=1S/C24H23N3O4S3/c1-3-31-19-12-9-17(10-13-19)25-23(28)16(2)32-24-26-21-14-11-18(15-22(21)33-24)27-34(29,30)20-7-5-4-6-8-20/h4-16,27H,3H2,1-2H3,(H,25,28). The number of fused-ring (bicyclic) bond motifs is 1. The minimum atomic E-state index is -3.67. The first-order chi connectivity index (χ1) is 16.3. The van der Waals surface area contributed by atoms with Crippen LogP contribution in [0.15, 0.2) is 82.0 Å². The zero-order valence-electron chi connectivity index (χ0n) is 18.5. The van der Waals surface area contributed by atoms with Gasteiger partial charge in [0.15, 0.2) is 4.34 Å². The second-order valence-electron chi connectivity index (χ2n) is 7.29. The monoisotopic (exact) mass is 513 g/mol. The molecule has 0 aliphatic rings. The average molecular weight is 514 g/mol. The molecule has 0 saturated heterocycles. The third-order valence-corrected chi connectivity index (χ3v) is 8.36. The summed E-state index contributed by atoms with van der Waals surface area (Å²) in [5.74, 6) is 0.618. The van der Waals surface area contributed by atoms with Gasteiger partial charge < -0.3 is 10.1 Å². The van der Waals surface area contributed by atoms with Crippen LogP contribution in [0.5, 0.6) is 5.75 Å². The van der Waals surface area contributed by atoms with Crippen molar-refractivity contribution in [3.63, 3.8) is 0 Å². The van der Waals surface area contributed by atoms with Crippen LogP contribution in [0.3, 0.4) is 0 Å². The number of hydrogen-bond donors (Lipinski definition) is 2. The number of nitrogens with zero attached hydrogens (tertiary/aromatic N) is 1. The number of sulfonamides is 1. The van der Waals surface area contributed by atoms with Gasteiger partial charge >= 0.3 is 0 Å². The van der Waals surface area contributed by atoms with E-state index >= 15 is 0 Å². The van der Waals surface area contributed by atoms with Crippen LogP contribution in [-0.2, 0) is 14.8 Å². The van der Waals surface area contributed by atoms with Gasteiger partial charge in [0.1, 0.15) is 5.75 Å². The van der Waals surface area contributed by atoms with Crippen molar-refractivity contribution in [3.05, 3.63) is 72.8 Å². The molecule has 1 heterocycles. The minimum Gasteiger partial charge on any atom is -0.494 e. The van der Waals surface area contributed by atoms with Crippen LogP contribution in [-0.4, -0.2) is 31.2 Å². The number of thioether (sulfide) groups is 1. The first-order valence-corrected chi connectivity index (χ1v) is 13.7. The Labute approximate surface area is 206 Å². The van der Waals surface area contributed by atoms with E-state index in [1.54, 1.807) is 60.7 Å². The van der Waals surface area contributed by atoms with Gasteiger partial charge in [0.25, 0.3) is 10.0 Å². The largest absolute Gasteiger partial charge is 0.494 e. The third-order valence-electron chi connectivity index (χ3n) is 4.75. The lowest BCUT2D eigenvalue weighted by atomic mass is 10.3. The molecule has 1 aromatic heterocycles. The number of carbonyl (C=O) groups excluding carboxylic acids is 1. The molecule has 34 heavy (non-hydrogen) atoms. The van der Waals surface area contributed by atoms with Gasteiger partial charge in [0.05, 0.1) is 32.7 Å². The zero-order chi connectivity index (χ0) is 24.1. The van der Waals surface area contributed by atoms with E-state index in [2.05, 4.69) is 15.0 Å². The summed E-state index contributed by atoms with van der Waals surface area (Å²) in [6.45, 7) is 4.32. The van der Waals surface area contributed by atoms with E-state index in [0.29, 0.717) is 18.0 Å². The molecule has 0 bridgehead atoms. The predicted octanol–water partition coefficient (Wildman–Crippen LogP) is 5.62. The van der Waals surface area contributed by atoms with E-state index in [9.17, 15) is 13.2 Å². The number of aromatic nitrogens is 1. The van der Waals surface area contributed by atoms with E-state index < -0.39 is 10.0 Å². The van der Waals surface area contributed by atoms with Crippen LogP contribution in [0.1, 0.15) is 13.8 Å². The molecule has 1 unspecified atom stereocenters. The maximum Gasteiger partial charge on any atom is 0.261 e. The number of amides is 1. The number of rotatable bonds is 9. The van der Waals surface area contributed by atoms with Gasteiger partial charge in [-0.1, -0.05) is 30.0 Å². The van der Waals surface area contributed by atoms with Crippen molar-refractivity contribution in [2.75, 3.05) is 16.6 Å². The summed E-state index contributed by atoms with van der Waals surface area (Å²) in [7, 11) is -3.67. The summed E-state index contributed by atoms with van der Waals surface area (Å²) >= 11 is 2.77. The molecule has 4 aromatic rings. The van der Waals surface area contributed by atoms with Crippen molar-refractivity contribution < 1.29 is 17.9 Å². The second kappa shape index (κ2) is 10.5. The molecule has 1 atom stereocenters. The van der Waals surface area contributed by atoms with Crippen LogP contribution >= 0.6 is 23.1 Å². The Morgan fingerprint density at radius 1 is 1.06 bits per heavy atom. The first-order valence-electron chi connectivity index (χ1n) is 10.5. The van der Waals surface area contributed by atoms with E-state index in [1.165, 1.54) is 23.1 Å². The van der Waals surface area contributed by atoms with Crippen molar-refractivity contribution in [1.29, 1.82) is 0 Å². The fraction of sp³-hybridized carbons (Fsp3) is 0.167. The van der Waals surface area contributed by atoms with Crippen molar-refractivity contribution in [3.8, 4) is 5.75 Å². The molecule has 0 fully saturated rings. The van der Waals surface area contributed by atoms with Gasteiger partial charge in [-0.3, -0.25) is 9.52 Å². The summed E-state index contributed by atoms with van der Waals surface area (Å²) in [6, 6.07) is 20.6. The zero-order valence-corrected chi connectivity index (χ0v) is 21.0. The number of ether oxygens (including phenoxy) is 1. The van der Waals surface area contributed by atoms with Crippen LogP contribution in [0.4, 0.5) is 11.4 Å². The number of carbonyl (C=O) groups is 1. The molecule has 4 rings (SSSR count). The SMILES string of the molecule is CCOc1ccc(NC(=O)C(C)Sc2nc3ccc(NS(=O)(=O)c4ccccc4)cc3s2)cc1. The van der Waals surface area contributed by atoms with Gasteiger partial charge in [-0.15, -0.1) is 11.3 Å². The predicted molar refractivity (Wildman–Crippen MR) is 138 cm³/mol. The summed E-state index contributed by atoms with van der Waals surface area (Å²) in [6.07, 6.45) is 0. The summed E-state index contributed by atoms with van der Waals surface area (Å²) < 4.78 is 34.8. The van der Waals surface area contributed by atoms with Crippen molar-refractivity contribution in [1.82, 2.24) is 4.98 Å². The van der Waals surface area contributed by atoms with Crippen LogP contribution in [0, 0.1) is 0 Å². The number of nitrogens with one attached hydrogen (secondary N) is 2. The Balaban J connectivity index is 1.42. The minimum absolute atomic E-state index is 0.135. The first kappa shape index (κ1) is 24.1. The molecule has 10 heteroatoms. The summed E-state index contributed by atoms with van der Waals surface area (Å²) in [4.78, 5) is 17.4. The highest BCUT2D eigenvalue weighted by Gasteiger charge is 2.18. The molecule has 7 nitrogen and oxygen atoms in total. The Morgan fingerprint density at radius 2 is 1.76 bits per heavy atom. The quantitative estimate of drug-likeness (QED) is 0.282. The lowest BCUT2D eigenvalue weighted by molar-refractivity contribution is -0.115. The maximum atomic E-state index is 12.6. The average Bonchev–Trinajstić information content (AvgIpc) is 3.22. The molecule has 0 saturated carbocycles. The Bertz CT molecular complexity index is 1390. The molecule has 0 aliphatic carbocycles. The van der Waals surface area contributed by atoms with Crippen LogP contribution in [0.25, 0.3) is 10.2 Å². The summed E-state index contributed by atoms with van der Waals surface area (Å²) in [5, 5.41) is 2.53. The highest BCUT2D eigenvalue weighted by atomic mass is 32.2. The molecule has 176 valence electrons. The Morgan fingerprint density at radius 3 is 2.47 bits per heavy atom. The van der Waals surface area contributed by atoms with Gasteiger partial charge in [-0.05, 0) is 68.4 Å². The summed E-state index contributed by atoms with van der Waals surface area (Å²) in [5.41, 5.74) is 1.90. The van der Waals surface area contributed by atoms with Crippen molar-refractivity contribution >= 4 is 60.6 Å². The topological polar surface area (TPSA) is 97.4 Å². The number of anilines is 2. The smallest absolute Gasteiger partial charge is 0.261 e. The van der Waals surface area contributed by atoms with Gasteiger partial charge in [-0.2, -0.15) is 0 Å². The van der Waals surface area contributed by atoms with E-state index in [4.69, 9.17) is 4.74 Å². The third kappa shape index (κ3) is 5.88. The van der Waals surface area contributed by atoms with Crippen LogP contribution in [0.2, 0.25) is 0 Å². The highest BCUT2D eigenvalue weighted by Crippen LogP contribution is 2.34. The number of hydrogen-bond acceptors (Lipinski definition) is 7. The maximum absolute atomic E-state index is 12.6. The van der Waals surface area contributed by atoms with Crippen molar-refractivity contribution in [2.24, 2.45) is 0 Å². The van der Waals surface area contributed by atoms with Gasteiger partial charge in [0, 0.05) is 5.69 Å².